The van der Waals surface area contributed by atoms with Gasteiger partial charge in [-0.3, -0.25) is 43.2 Å². The minimum absolute atomic E-state index is 0.155. The summed E-state index contributed by atoms with van der Waals surface area (Å²) in [5.74, 6) is -9.63. The van der Waals surface area contributed by atoms with Crippen molar-refractivity contribution in [2.45, 2.75) is 55.9 Å². The molecule has 0 aromatic rings. The van der Waals surface area contributed by atoms with E-state index in [4.69, 9.17) is 42.7 Å². The minimum atomic E-state index is -1.34. The first kappa shape index (κ1) is 45.3. The average Bonchev–Trinajstić information content (AvgIpc) is 3.00. The van der Waals surface area contributed by atoms with Crippen molar-refractivity contribution in [3.8, 4) is 0 Å². The molecule has 5 atom stereocenters. The Hall–Kier alpha value is -3.84. The van der Waals surface area contributed by atoms with Gasteiger partial charge in [-0.05, 0) is 12.8 Å². The first-order chi connectivity index (χ1) is 21.8. The van der Waals surface area contributed by atoms with Crippen molar-refractivity contribution < 1.29 is 68.7 Å². The molecule has 0 aliphatic heterocycles. The summed E-state index contributed by atoms with van der Waals surface area (Å²) in [5, 5.41) is 52.1. The van der Waals surface area contributed by atoms with Gasteiger partial charge in [0.25, 0.3) is 0 Å². The summed E-state index contributed by atoms with van der Waals surface area (Å²) in [5.41, 5.74) is 15.6. The maximum Gasteiger partial charge on any atom is 0.322 e. The fourth-order valence-electron chi connectivity index (χ4n) is 2.60. The minimum Gasteiger partial charge on any atom is -0.480 e. The molecule has 268 valence electrons. The molecule has 0 radical (unpaired) electrons. The molecule has 0 aromatic heterocycles. The molecule has 0 fully saturated rings. The third-order valence-corrected chi connectivity index (χ3v) is 8.01. The number of thiol groups is 1. The summed E-state index contributed by atoms with van der Waals surface area (Å²) in [6.45, 7) is -1.48. The van der Waals surface area contributed by atoms with Crippen LogP contribution in [0.25, 0.3) is 0 Å². The number of carboxylic acid groups (broad SMARTS) is 5. The number of amides is 4. The van der Waals surface area contributed by atoms with Crippen LogP contribution in [0.5, 0.6) is 0 Å². The largest absolute Gasteiger partial charge is 0.480 e. The quantitative estimate of drug-likeness (QED) is 0.0267. The van der Waals surface area contributed by atoms with E-state index in [9.17, 15) is 43.2 Å². The Labute approximate surface area is 280 Å². The second kappa shape index (κ2) is 25.3. The highest BCUT2D eigenvalue weighted by Gasteiger charge is 2.25. The molecule has 21 nitrogen and oxygen atoms in total. The zero-order valence-electron chi connectivity index (χ0n) is 24.7. The highest BCUT2D eigenvalue weighted by atomic mass is 33.1. The van der Waals surface area contributed by atoms with E-state index in [-0.39, 0.29) is 42.9 Å². The van der Waals surface area contributed by atoms with E-state index < -0.39 is 96.8 Å². The molecule has 0 saturated carbocycles. The molecule has 0 aromatic carbocycles. The van der Waals surface area contributed by atoms with Crippen LogP contribution >= 0.6 is 34.2 Å². The molecule has 0 saturated heterocycles. The summed E-state index contributed by atoms with van der Waals surface area (Å²) in [6, 6.07) is -5.97. The highest BCUT2D eigenvalue weighted by Crippen LogP contribution is 2.23. The van der Waals surface area contributed by atoms with Gasteiger partial charge in [-0.25, -0.2) is 0 Å². The van der Waals surface area contributed by atoms with E-state index >= 15 is 0 Å². The zero-order chi connectivity index (χ0) is 36.7. The van der Waals surface area contributed by atoms with Crippen LogP contribution in [-0.4, -0.2) is 140 Å². The monoisotopic (exact) mass is 733 g/mol. The predicted molar refractivity (Wildman–Crippen MR) is 169 cm³/mol. The topological polar surface area (TPSA) is 381 Å². The van der Waals surface area contributed by atoms with Gasteiger partial charge in [0.2, 0.25) is 23.6 Å². The second-order valence-corrected chi connectivity index (χ2v) is 12.0. The van der Waals surface area contributed by atoms with E-state index in [1.165, 1.54) is 0 Å². The van der Waals surface area contributed by atoms with Crippen molar-refractivity contribution in [1.82, 2.24) is 21.3 Å². The van der Waals surface area contributed by atoms with E-state index in [1.54, 1.807) is 0 Å². The van der Waals surface area contributed by atoms with Crippen molar-refractivity contribution >= 4 is 87.7 Å². The number of nitrogens with two attached hydrogens (primary N) is 3. The van der Waals surface area contributed by atoms with Gasteiger partial charge >= 0.3 is 29.8 Å². The van der Waals surface area contributed by atoms with Crippen LogP contribution in [0, 0.1) is 0 Å². The number of rotatable bonds is 23. The van der Waals surface area contributed by atoms with Crippen LogP contribution < -0.4 is 38.5 Å². The van der Waals surface area contributed by atoms with Gasteiger partial charge in [0.1, 0.15) is 43.3 Å². The summed E-state index contributed by atoms with van der Waals surface area (Å²) < 4.78 is 0. The number of hydrogen-bond donors (Lipinski definition) is 13. The first-order valence-electron chi connectivity index (χ1n) is 13.2. The molecular formula is C23H39N7O14S3. The van der Waals surface area contributed by atoms with Crippen molar-refractivity contribution in [2.75, 3.05) is 30.3 Å². The summed E-state index contributed by atoms with van der Waals surface area (Å²) in [6.07, 6.45) is -1.12. The number of nitrogens with one attached hydrogen (secondary N) is 4. The molecule has 4 amide bonds. The number of aliphatic carboxylic acids is 5. The zero-order valence-corrected chi connectivity index (χ0v) is 27.2. The number of carboxylic acids is 5. The molecule has 0 heterocycles. The maximum atomic E-state index is 12.4. The van der Waals surface area contributed by atoms with Gasteiger partial charge in [0, 0.05) is 30.1 Å². The number of carbonyl (C=O) groups is 9. The average molecular weight is 734 g/mol. The normalized spacial score (nSPS) is 13.5. The van der Waals surface area contributed by atoms with Crippen LogP contribution in [0.4, 0.5) is 0 Å². The fourth-order valence-corrected chi connectivity index (χ4v) is 5.09. The molecule has 0 aliphatic rings. The predicted octanol–water partition coefficient (Wildman–Crippen LogP) is -4.55. The summed E-state index contributed by atoms with van der Waals surface area (Å²) in [7, 11) is 1.89. The lowest BCUT2D eigenvalue weighted by Gasteiger charge is -2.20. The lowest BCUT2D eigenvalue weighted by molar-refractivity contribution is -0.140. The fraction of sp³-hybridized carbons (Fsp3) is 0.609. The Kier molecular flexibility index (Phi) is 24.4. The molecule has 0 unspecified atom stereocenters. The van der Waals surface area contributed by atoms with Gasteiger partial charge in [0.15, 0.2) is 0 Å². The van der Waals surface area contributed by atoms with Gasteiger partial charge in [-0.2, -0.15) is 12.6 Å². The van der Waals surface area contributed by atoms with Crippen LogP contribution in [0.2, 0.25) is 0 Å². The first-order valence-corrected chi connectivity index (χ1v) is 16.3. The summed E-state index contributed by atoms with van der Waals surface area (Å²) in [4.78, 5) is 102. The van der Waals surface area contributed by atoms with Gasteiger partial charge < -0.3 is 64.0 Å². The van der Waals surface area contributed by atoms with Gasteiger partial charge in [0.05, 0.1) is 0 Å². The maximum absolute atomic E-state index is 12.4. The molecule has 0 spiro atoms. The third kappa shape index (κ3) is 24.1. The molecule has 0 rings (SSSR count). The van der Waals surface area contributed by atoms with Crippen LogP contribution in [-0.2, 0) is 43.2 Å². The SMILES string of the molecule is N[C@@H](CCC(=O)N[C@@H](CSSC[C@H](NC(=O)CC[C@H](N)C(=O)O)C(=O)NCC(=O)O)C(=O)NCC(=O)O)C(=O)O.N[C@@H](CS)C(=O)O. The van der Waals surface area contributed by atoms with Gasteiger partial charge in [-0.15, -0.1) is 0 Å². The summed E-state index contributed by atoms with van der Waals surface area (Å²) >= 11 is 3.65. The van der Waals surface area contributed by atoms with Crippen molar-refractivity contribution in [2.24, 2.45) is 17.2 Å². The molecule has 24 heteroatoms. The van der Waals surface area contributed by atoms with E-state index in [0.29, 0.717) is 0 Å². The van der Waals surface area contributed by atoms with Crippen molar-refractivity contribution in [1.29, 1.82) is 0 Å². The highest BCUT2D eigenvalue weighted by molar-refractivity contribution is 8.76. The Morgan fingerprint density at radius 3 is 1.13 bits per heavy atom. The van der Waals surface area contributed by atoms with Gasteiger partial charge in [-0.1, -0.05) is 21.6 Å². The van der Waals surface area contributed by atoms with E-state index in [0.717, 1.165) is 21.6 Å². The van der Waals surface area contributed by atoms with Crippen LogP contribution in [0.3, 0.4) is 0 Å². The molecule has 15 N–H and O–H groups in total. The molecule has 0 aliphatic carbocycles. The van der Waals surface area contributed by atoms with E-state index in [2.05, 4.69) is 33.9 Å². The van der Waals surface area contributed by atoms with Crippen LogP contribution in [0.1, 0.15) is 25.7 Å². The number of hydrogen-bond acceptors (Lipinski definition) is 15. The molecule has 47 heavy (non-hydrogen) atoms. The Balaban J connectivity index is 0. The third-order valence-electron chi connectivity index (χ3n) is 5.20. The van der Waals surface area contributed by atoms with E-state index in [1.807, 2.05) is 0 Å². The molecular weight excluding hydrogens is 694 g/mol. The smallest absolute Gasteiger partial charge is 0.322 e. The Bertz CT molecular complexity index is 1040. The van der Waals surface area contributed by atoms with Crippen LogP contribution in [0.15, 0.2) is 0 Å². The standard InChI is InChI=1S/C20H32N6O12S2.C3H7NO2S/c21-9(19(35)36)1-3-13(27)25-11(17(33)23-5-15(29)30)7-39-40-8-12(18(34)24-6-16(31)32)26-14(28)4-2-10(22)20(37)38;4-2(1-7)3(5)6/h9-12H,1-8,21-22H2,(H,23,33)(H,24,34)(H,25,27)(H,26,28)(H,29,30)(H,31,32)(H,35,36)(H,37,38);2,7H,1,4H2,(H,5,6)/t9-,10-,11-,12-;2-/m00/s1. The van der Waals surface area contributed by atoms with Crippen molar-refractivity contribution in [3.05, 3.63) is 0 Å². The molecule has 0 bridgehead atoms. The Morgan fingerprint density at radius 1 is 0.574 bits per heavy atom. The lowest BCUT2D eigenvalue weighted by atomic mass is 10.1. The lowest BCUT2D eigenvalue weighted by Crippen LogP contribution is -2.50. The van der Waals surface area contributed by atoms with Crippen molar-refractivity contribution in [3.63, 3.8) is 0 Å². The number of carbonyl (C=O) groups excluding carboxylic acids is 4. The second-order valence-electron chi connectivity index (χ2n) is 9.13. The Morgan fingerprint density at radius 2 is 0.894 bits per heavy atom.